The molecule has 0 aliphatic carbocycles. The van der Waals surface area contributed by atoms with E-state index in [4.69, 9.17) is 4.74 Å². The fourth-order valence-electron chi connectivity index (χ4n) is 2.40. The van der Waals surface area contributed by atoms with Crippen LogP contribution in [0.1, 0.15) is 19.4 Å². The van der Waals surface area contributed by atoms with E-state index in [1.54, 1.807) is 38.1 Å². The number of likely N-dealkylation sites (N-methyl/N-ethyl adjacent to an activating group) is 1. The van der Waals surface area contributed by atoms with Gasteiger partial charge in [0.05, 0.1) is 6.54 Å². The van der Waals surface area contributed by atoms with Crippen molar-refractivity contribution < 1.29 is 18.7 Å². The van der Waals surface area contributed by atoms with Crippen molar-refractivity contribution in [3.8, 4) is 5.75 Å². The Hall–Kier alpha value is -2.41. The van der Waals surface area contributed by atoms with E-state index in [9.17, 15) is 14.0 Å². The molecule has 0 bridgehead atoms. The zero-order chi connectivity index (χ0) is 19.8. The van der Waals surface area contributed by atoms with E-state index in [0.717, 1.165) is 10.0 Å². The van der Waals surface area contributed by atoms with E-state index in [1.807, 2.05) is 12.1 Å². The maximum absolute atomic E-state index is 12.9. The molecule has 5 nitrogen and oxygen atoms in total. The Kier molecular flexibility index (Phi) is 7.79. The average Bonchev–Trinajstić information content (AvgIpc) is 2.66. The molecule has 7 heteroatoms. The van der Waals surface area contributed by atoms with Gasteiger partial charge in [0.15, 0.2) is 6.10 Å². The van der Waals surface area contributed by atoms with E-state index in [2.05, 4.69) is 21.2 Å². The molecule has 2 aromatic carbocycles. The summed E-state index contributed by atoms with van der Waals surface area (Å²) in [6, 6.07) is 13.1. The van der Waals surface area contributed by atoms with E-state index in [0.29, 0.717) is 12.3 Å². The number of carbonyl (C=O) groups excluding carboxylic acids is 2. The van der Waals surface area contributed by atoms with Crippen LogP contribution in [0.5, 0.6) is 5.75 Å². The molecule has 0 saturated carbocycles. The van der Waals surface area contributed by atoms with Crippen molar-refractivity contribution in [2.24, 2.45) is 0 Å². The highest BCUT2D eigenvalue weighted by atomic mass is 79.9. The van der Waals surface area contributed by atoms with Gasteiger partial charge >= 0.3 is 0 Å². The number of benzene rings is 2. The second-order valence-corrected chi connectivity index (χ2v) is 6.89. The summed E-state index contributed by atoms with van der Waals surface area (Å²) in [7, 11) is 0. The molecule has 2 amide bonds. The van der Waals surface area contributed by atoms with Crippen LogP contribution in [-0.4, -0.2) is 35.9 Å². The second kappa shape index (κ2) is 10.1. The topological polar surface area (TPSA) is 58.6 Å². The molecule has 0 aromatic heterocycles. The summed E-state index contributed by atoms with van der Waals surface area (Å²) >= 11 is 3.34. The Morgan fingerprint density at radius 1 is 1.15 bits per heavy atom. The lowest BCUT2D eigenvalue weighted by Gasteiger charge is -2.24. The number of hydrogen-bond acceptors (Lipinski definition) is 3. The van der Waals surface area contributed by atoms with Crippen LogP contribution in [0.25, 0.3) is 0 Å². The third-order valence-electron chi connectivity index (χ3n) is 3.91. The van der Waals surface area contributed by atoms with Gasteiger partial charge in [-0.05, 0) is 55.8 Å². The molecule has 27 heavy (non-hydrogen) atoms. The van der Waals surface area contributed by atoms with Gasteiger partial charge in [-0.15, -0.1) is 0 Å². The summed E-state index contributed by atoms with van der Waals surface area (Å²) in [6.07, 6.45) is -0.712. The number of hydrogen-bond donors (Lipinski definition) is 1. The van der Waals surface area contributed by atoms with Gasteiger partial charge in [-0.1, -0.05) is 28.1 Å². The van der Waals surface area contributed by atoms with Crippen LogP contribution in [0.15, 0.2) is 53.0 Å². The Labute approximate surface area is 166 Å². The second-order valence-electron chi connectivity index (χ2n) is 5.97. The van der Waals surface area contributed by atoms with Gasteiger partial charge in [0, 0.05) is 17.6 Å². The number of amides is 2. The molecule has 0 saturated heterocycles. The number of nitrogens with zero attached hydrogens (tertiary/aromatic N) is 1. The molecule has 2 aromatic rings. The minimum Gasteiger partial charge on any atom is -0.481 e. The highest BCUT2D eigenvalue weighted by Gasteiger charge is 2.23. The average molecular weight is 437 g/mol. The van der Waals surface area contributed by atoms with Crippen LogP contribution in [0.3, 0.4) is 0 Å². The van der Waals surface area contributed by atoms with E-state index < -0.39 is 6.10 Å². The Balaban J connectivity index is 1.86. The summed E-state index contributed by atoms with van der Waals surface area (Å²) in [5, 5.41) is 2.73. The quantitative estimate of drug-likeness (QED) is 0.688. The zero-order valence-electron chi connectivity index (χ0n) is 15.2. The van der Waals surface area contributed by atoms with Crippen LogP contribution in [0.4, 0.5) is 4.39 Å². The Morgan fingerprint density at radius 2 is 1.78 bits per heavy atom. The van der Waals surface area contributed by atoms with Crippen LogP contribution in [0.2, 0.25) is 0 Å². The lowest BCUT2D eigenvalue weighted by molar-refractivity contribution is -0.141. The minimum absolute atomic E-state index is 0.0649. The van der Waals surface area contributed by atoms with Crippen molar-refractivity contribution >= 4 is 27.7 Å². The van der Waals surface area contributed by atoms with E-state index in [-0.39, 0.29) is 30.7 Å². The molecular weight excluding hydrogens is 415 g/mol. The number of ether oxygens (including phenoxy) is 1. The van der Waals surface area contributed by atoms with E-state index in [1.165, 1.54) is 17.0 Å². The maximum Gasteiger partial charge on any atom is 0.263 e. The molecule has 0 fully saturated rings. The molecule has 0 aliphatic heterocycles. The monoisotopic (exact) mass is 436 g/mol. The molecule has 0 aliphatic rings. The van der Waals surface area contributed by atoms with Gasteiger partial charge in [0.25, 0.3) is 5.91 Å². The van der Waals surface area contributed by atoms with Crippen LogP contribution in [0, 0.1) is 5.82 Å². The molecule has 144 valence electrons. The smallest absolute Gasteiger partial charge is 0.263 e. The summed E-state index contributed by atoms with van der Waals surface area (Å²) in [4.78, 5) is 26.1. The molecule has 0 spiro atoms. The van der Waals surface area contributed by atoms with Crippen LogP contribution < -0.4 is 10.1 Å². The zero-order valence-corrected chi connectivity index (χ0v) is 16.8. The third-order valence-corrected chi connectivity index (χ3v) is 4.43. The third kappa shape index (κ3) is 6.67. The van der Waals surface area contributed by atoms with Gasteiger partial charge in [-0.3, -0.25) is 9.59 Å². The first-order chi connectivity index (χ1) is 12.9. The number of nitrogens with one attached hydrogen (secondary N) is 1. The first-order valence-corrected chi connectivity index (χ1v) is 9.40. The maximum atomic E-state index is 12.9. The van der Waals surface area contributed by atoms with Gasteiger partial charge in [0.1, 0.15) is 11.6 Å². The normalized spacial score (nSPS) is 11.6. The lowest BCUT2D eigenvalue weighted by Crippen LogP contribution is -2.45. The summed E-state index contributed by atoms with van der Waals surface area (Å²) in [5.41, 5.74) is 0.783. The Morgan fingerprint density at radius 3 is 2.37 bits per heavy atom. The van der Waals surface area contributed by atoms with Crippen molar-refractivity contribution in [3.63, 3.8) is 0 Å². The van der Waals surface area contributed by atoms with Gasteiger partial charge < -0.3 is 15.0 Å². The van der Waals surface area contributed by atoms with Gasteiger partial charge in [-0.2, -0.15) is 0 Å². The van der Waals surface area contributed by atoms with Crippen molar-refractivity contribution in [1.29, 1.82) is 0 Å². The molecule has 1 unspecified atom stereocenters. The Bertz CT molecular complexity index is 766. The predicted octanol–water partition coefficient (Wildman–Crippen LogP) is 3.52. The number of rotatable bonds is 8. The first kappa shape index (κ1) is 20.9. The number of halogens is 2. The fraction of sp³-hybridized carbons (Fsp3) is 0.300. The molecule has 0 heterocycles. The van der Waals surface area contributed by atoms with Crippen LogP contribution in [-0.2, 0) is 16.1 Å². The summed E-state index contributed by atoms with van der Waals surface area (Å²) in [6.45, 7) is 4.05. The largest absolute Gasteiger partial charge is 0.481 e. The van der Waals surface area contributed by atoms with Crippen molar-refractivity contribution in [2.75, 3.05) is 13.1 Å². The van der Waals surface area contributed by atoms with Crippen LogP contribution >= 0.6 is 15.9 Å². The van der Waals surface area contributed by atoms with Gasteiger partial charge in [0.2, 0.25) is 5.91 Å². The number of carbonyl (C=O) groups is 2. The molecule has 1 atom stereocenters. The summed E-state index contributed by atoms with van der Waals surface area (Å²) < 4.78 is 19.5. The standard InChI is InChI=1S/C20H22BrFN2O3/c1-3-24(13-19(25)23-12-15-4-8-17(22)9-5-15)20(26)14(2)27-18-10-6-16(21)7-11-18/h4-11,14H,3,12-13H2,1-2H3,(H,23,25). The SMILES string of the molecule is CCN(CC(=O)NCc1ccc(F)cc1)C(=O)C(C)Oc1ccc(Br)cc1. The van der Waals surface area contributed by atoms with Crippen molar-refractivity contribution in [3.05, 3.63) is 64.4 Å². The summed E-state index contributed by atoms with van der Waals surface area (Å²) in [5.74, 6) is -0.300. The minimum atomic E-state index is -0.712. The molecular formula is C20H22BrFN2O3. The van der Waals surface area contributed by atoms with Crippen molar-refractivity contribution in [2.45, 2.75) is 26.5 Å². The fourth-order valence-corrected chi connectivity index (χ4v) is 2.67. The van der Waals surface area contributed by atoms with E-state index >= 15 is 0 Å². The van der Waals surface area contributed by atoms with Crippen molar-refractivity contribution in [1.82, 2.24) is 10.2 Å². The molecule has 2 rings (SSSR count). The van der Waals surface area contributed by atoms with Gasteiger partial charge in [-0.25, -0.2) is 4.39 Å². The lowest BCUT2D eigenvalue weighted by atomic mass is 10.2. The molecule has 1 N–H and O–H groups in total. The predicted molar refractivity (Wildman–Crippen MR) is 105 cm³/mol. The first-order valence-electron chi connectivity index (χ1n) is 8.61. The highest BCUT2D eigenvalue weighted by Crippen LogP contribution is 2.17. The molecule has 0 radical (unpaired) electrons. The highest BCUT2D eigenvalue weighted by molar-refractivity contribution is 9.10.